The fourth-order valence-corrected chi connectivity index (χ4v) is 4.49. The van der Waals surface area contributed by atoms with Gasteiger partial charge in [0, 0.05) is 37.1 Å². The number of nitrogens with zero attached hydrogens (tertiary/aromatic N) is 1. The zero-order valence-electron chi connectivity index (χ0n) is 15.2. The highest BCUT2D eigenvalue weighted by Gasteiger charge is 2.58. The summed E-state index contributed by atoms with van der Waals surface area (Å²) in [4.78, 5) is 4.82. The second-order valence-corrected chi connectivity index (χ2v) is 8.14. The van der Waals surface area contributed by atoms with Gasteiger partial charge < -0.3 is 20.1 Å². The van der Waals surface area contributed by atoms with Crippen molar-refractivity contribution < 1.29 is 9.47 Å². The Bertz CT molecular complexity index is 444. The minimum atomic E-state index is -0.0893. The van der Waals surface area contributed by atoms with Crippen LogP contribution in [0.1, 0.15) is 53.4 Å². The standard InChI is InChI=1S/C18H33N3O2/c1-5-19-16(20-12-18(4)9-7-11-23-18)21-14-13-8-6-10-22-15(13)17(14,2)3/h13-15H,5-12H2,1-4H3,(H2,19,20,21). The first-order chi connectivity index (χ1) is 11.0. The van der Waals surface area contributed by atoms with Crippen LogP contribution >= 0.6 is 0 Å². The molecular weight excluding hydrogens is 290 g/mol. The van der Waals surface area contributed by atoms with Gasteiger partial charge in [-0.3, -0.25) is 4.99 Å². The zero-order chi connectivity index (χ0) is 16.5. The van der Waals surface area contributed by atoms with Gasteiger partial charge in [0.25, 0.3) is 0 Å². The van der Waals surface area contributed by atoms with E-state index in [1.807, 2.05) is 0 Å². The first-order valence-corrected chi connectivity index (χ1v) is 9.27. The maximum atomic E-state index is 6.00. The largest absolute Gasteiger partial charge is 0.377 e. The maximum absolute atomic E-state index is 6.00. The van der Waals surface area contributed by atoms with Crippen molar-refractivity contribution in [2.75, 3.05) is 26.3 Å². The van der Waals surface area contributed by atoms with E-state index in [9.17, 15) is 0 Å². The number of ether oxygens (including phenoxy) is 2. The summed E-state index contributed by atoms with van der Waals surface area (Å²) in [6, 6.07) is 0.433. The Labute approximate surface area is 140 Å². The molecule has 23 heavy (non-hydrogen) atoms. The van der Waals surface area contributed by atoms with Gasteiger partial charge in [0.15, 0.2) is 5.96 Å². The first kappa shape index (κ1) is 17.0. The molecule has 0 spiro atoms. The van der Waals surface area contributed by atoms with Crippen molar-refractivity contribution in [2.45, 2.75) is 71.1 Å². The average molecular weight is 323 g/mol. The molecule has 0 aromatic carbocycles. The van der Waals surface area contributed by atoms with Crippen molar-refractivity contribution in [2.24, 2.45) is 16.3 Å². The van der Waals surface area contributed by atoms with Gasteiger partial charge in [0.2, 0.25) is 0 Å². The van der Waals surface area contributed by atoms with Crippen LogP contribution in [0.4, 0.5) is 0 Å². The minimum Gasteiger partial charge on any atom is -0.377 e. The van der Waals surface area contributed by atoms with Crippen molar-refractivity contribution >= 4 is 5.96 Å². The van der Waals surface area contributed by atoms with Crippen molar-refractivity contribution in [3.63, 3.8) is 0 Å². The Morgan fingerprint density at radius 3 is 2.74 bits per heavy atom. The summed E-state index contributed by atoms with van der Waals surface area (Å²) in [6.45, 7) is 12.3. The molecule has 0 aromatic heterocycles. The van der Waals surface area contributed by atoms with Gasteiger partial charge in [0.05, 0.1) is 18.2 Å². The molecule has 2 saturated heterocycles. The summed E-state index contributed by atoms with van der Waals surface area (Å²) >= 11 is 0. The van der Waals surface area contributed by atoms with Gasteiger partial charge in [-0.1, -0.05) is 13.8 Å². The second kappa shape index (κ2) is 6.60. The quantitative estimate of drug-likeness (QED) is 0.616. The first-order valence-electron chi connectivity index (χ1n) is 9.27. The number of nitrogens with one attached hydrogen (secondary N) is 2. The summed E-state index contributed by atoms with van der Waals surface area (Å²) in [7, 11) is 0. The molecule has 4 atom stereocenters. The highest BCUT2D eigenvalue weighted by molar-refractivity contribution is 5.80. The number of hydrogen-bond donors (Lipinski definition) is 2. The third-order valence-corrected chi connectivity index (χ3v) is 5.84. The van der Waals surface area contributed by atoms with Crippen molar-refractivity contribution in [1.82, 2.24) is 10.6 Å². The van der Waals surface area contributed by atoms with Crippen LogP contribution < -0.4 is 10.6 Å². The van der Waals surface area contributed by atoms with Crippen LogP contribution in [0, 0.1) is 11.3 Å². The summed E-state index contributed by atoms with van der Waals surface area (Å²) < 4.78 is 11.9. The Balaban J connectivity index is 1.64. The van der Waals surface area contributed by atoms with E-state index in [-0.39, 0.29) is 11.0 Å². The van der Waals surface area contributed by atoms with Crippen LogP contribution in [0.3, 0.4) is 0 Å². The molecule has 3 aliphatic rings. The van der Waals surface area contributed by atoms with E-state index in [1.54, 1.807) is 0 Å². The van der Waals surface area contributed by atoms with Crippen LogP contribution in [0.25, 0.3) is 0 Å². The lowest BCUT2D eigenvalue weighted by atomic mass is 9.55. The van der Waals surface area contributed by atoms with Crippen molar-refractivity contribution in [3.05, 3.63) is 0 Å². The van der Waals surface area contributed by atoms with E-state index in [0.717, 1.165) is 45.1 Å². The highest BCUT2D eigenvalue weighted by Crippen LogP contribution is 2.51. The number of hydrogen-bond acceptors (Lipinski definition) is 3. The summed E-state index contributed by atoms with van der Waals surface area (Å²) in [5, 5.41) is 7.09. The fourth-order valence-electron chi connectivity index (χ4n) is 4.49. The predicted molar refractivity (Wildman–Crippen MR) is 92.7 cm³/mol. The van der Waals surface area contributed by atoms with Gasteiger partial charge in [-0.15, -0.1) is 0 Å². The summed E-state index contributed by atoms with van der Waals surface area (Å²) in [5.41, 5.74) is 0.0724. The number of rotatable bonds is 4. The highest BCUT2D eigenvalue weighted by atomic mass is 16.5. The molecule has 2 N–H and O–H groups in total. The minimum absolute atomic E-state index is 0.0893. The topological polar surface area (TPSA) is 54.9 Å². The molecule has 0 aromatic rings. The fraction of sp³-hybridized carbons (Fsp3) is 0.944. The molecule has 2 aliphatic heterocycles. The van der Waals surface area contributed by atoms with Crippen molar-refractivity contribution in [3.8, 4) is 0 Å². The molecule has 2 heterocycles. The van der Waals surface area contributed by atoms with E-state index in [4.69, 9.17) is 14.5 Å². The number of aliphatic imine (C=N–C) groups is 1. The van der Waals surface area contributed by atoms with E-state index >= 15 is 0 Å². The van der Waals surface area contributed by atoms with E-state index in [0.29, 0.717) is 18.1 Å². The molecule has 0 bridgehead atoms. The zero-order valence-corrected chi connectivity index (χ0v) is 15.2. The molecule has 1 saturated carbocycles. The third-order valence-electron chi connectivity index (χ3n) is 5.84. The molecule has 3 fully saturated rings. The normalized spacial score (nSPS) is 39.5. The van der Waals surface area contributed by atoms with Crippen LogP contribution in [0.15, 0.2) is 4.99 Å². The van der Waals surface area contributed by atoms with Gasteiger partial charge in [0.1, 0.15) is 0 Å². The summed E-state index contributed by atoms with van der Waals surface area (Å²) in [6.07, 6.45) is 5.07. The lowest BCUT2D eigenvalue weighted by molar-refractivity contribution is -0.188. The van der Waals surface area contributed by atoms with Crippen LogP contribution in [-0.2, 0) is 9.47 Å². The van der Waals surface area contributed by atoms with Crippen molar-refractivity contribution in [1.29, 1.82) is 0 Å². The molecule has 3 rings (SSSR count). The third kappa shape index (κ3) is 3.36. The number of fused-ring (bicyclic) bond motifs is 1. The Kier molecular flexibility index (Phi) is 4.88. The molecule has 5 heteroatoms. The Morgan fingerprint density at radius 1 is 1.22 bits per heavy atom. The Morgan fingerprint density at radius 2 is 2.04 bits per heavy atom. The van der Waals surface area contributed by atoms with Gasteiger partial charge in [-0.05, 0) is 39.5 Å². The van der Waals surface area contributed by atoms with Gasteiger partial charge >= 0.3 is 0 Å². The second-order valence-electron chi connectivity index (χ2n) is 8.14. The molecule has 4 unspecified atom stereocenters. The number of guanidine groups is 1. The van der Waals surface area contributed by atoms with Crippen LogP contribution in [0.2, 0.25) is 0 Å². The Hall–Kier alpha value is -0.810. The van der Waals surface area contributed by atoms with E-state index < -0.39 is 0 Å². The monoisotopic (exact) mass is 323 g/mol. The molecule has 132 valence electrons. The maximum Gasteiger partial charge on any atom is 0.191 e. The van der Waals surface area contributed by atoms with E-state index in [1.165, 1.54) is 12.8 Å². The van der Waals surface area contributed by atoms with Gasteiger partial charge in [-0.25, -0.2) is 0 Å². The lowest BCUT2D eigenvalue weighted by Gasteiger charge is -2.60. The lowest BCUT2D eigenvalue weighted by Crippen LogP contribution is -2.71. The molecule has 1 aliphatic carbocycles. The van der Waals surface area contributed by atoms with Crippen LogP contribution in [0.5, 0.6) is 0 Å². The smallest absolute Gasteiger partial charge is 0.191 e. The average Bonchev–Trinajstić information content (AvgIpc) is 2.97. The molecule has 5 nitrogen and oxygen atoms in total. The van der Waals surface area contributed by atoms with Crippen LogP contribution in [-0.4, -0.2) is 50.0 Å². The summed E-state index contributed by atoms with van der Waals surface area (Å²) in [5.74, 6) is 1.53. The van der Waals surface area contributed by atoms with Gasteiger partial charge in [-0.2, -0.15) is 0 Å². The van der Waals surface area contributed by atoms with E-state index in [2.05, 4.69) is 38.3 Å². The molecule has 0 amide bonds. The molecular formula is C18H33N3O2. The predicted octanol–water partition coefficient (Wildman–Crippen LogP) is 2.31. The molecule has 0 radical (unpaired) electrons. The SMILES string of the molecule is CCNC(=NCC1(C)CCCO1)NC1C2CCCOC2C1(C)C.